The molecule has 0 aromatic heterocycles. The van der Waals surface area contributed by atoms with Gasteiger partial charge in [-0.3, -0.25) is 9.59 Å². The lowest BCUT2D eigenvalue weighted by Gasteiger charge is -2.35. The fourth-order valence-electron chi connectivity index (χ4n) is 3.34. The summed E-state index contributed by atoms with van der Waals surface area (Å²) < 4.78 is 13.6. The fourth-order valence-corrected chi connectivity index (χ4v) is 3.34. The number of hydrogen-bond acceptors (Lipinski definition) is 2. The molecule has 128 valence electrons. The van der Waals surface area contributed by atoms with Gasteiger partial charge >= 0.3 is 0 Å². The molecule has 4 nitrogen and oxygen atoms in total. The lowest BCUT2D eigenvalue weighted by Crippen LogP contribution is -2.51. The molecule has 0 bridgehead atoms. The zero-order valence-corrected chi connectivity index (χ0v) is 13.8. The van der Waals surface area contributed by atoms with Crippen LogP contribution in [0.15, 0.2) is 36.4 Å². The summed E-state index contributed by atoms with van der Waals surface area (Å²) in [4.78, 5) is 28.2. The number of piperazine rings is 1. The van der Waals surface area contributed by atoms with Gasteiger partial charge in [-0.25, -0.2) is 4.39 Å². The molecular formula is C19H23FN2O2. The summed E-state index contributed by atoms with van der Waals surface area (Å²) in [5.41, 5.74) is 0.425. The van der Waals surface area contributed by atoms with Crippen LogP contribution in [0.4, 0.5) is 4.39 Å². The Morgan fingerprint density at radius 2 is 1.71 bits per heavy atom. The molecule has 0 spiro atoms. The highest BCUT2D eigenvalue weighted by atomic mass is 19.1. The SMILES string of the molecule is O=C(Cc1ccccc1F)N1CCN(C(=O)CC2C=CCC2)CC1. The molecule has 1 heterocycles. The van der Waals surface area contributed by atoms with E-state index in [2.05, 4.69) is 12.2 Å². The van der Waals surface area contributed by atoms with Crippen LogP contribution >= 0.6 is 0 Å². The second kappa shape index (κ2) is 7.60. The van der Waals surface area contributed by atoms with E-state index in [1.165, 1.54) is 6.07 Å². The van der Waals surface area contributed by atoms with E-state index < -0.39 is 0 Å². The minimum atomic E-state index is -0.343. The summed E-state index contributed by atoms with van der Waals surface area (Å²) in [5, 5.41) is 0. The van der Waals surface area contributed by atoms with Gasteiger partial charge in [-0.1, -0.05) is 30.4 Å². The Kier molecular flexibility index (Phi) is 5.28. The minimum Gasteiger partial charge on any atom is -0.339 e. The molecule has 1 aromatic rings. The van der Waals surface area contributed by atoms with Gasteiger partial charge in [0.1, 0.15) is 5.82 Å². The second-order valence-corrected chi connectivity index (χ2v) is 6.50. The molecule has 1 atom stereocenters. The number of rotatable bonds is 4. The normalized spacial score (nSPS) is 20.5. The third-order valence-electron chi connectivity index (χ3n) is 4.83. The number of amides is 2. The van der Waals surface area contributed by atoms with Crippen molar-refractivity contribution in [3.63, 3.8) is 0 Å². The quantitative estimate of drug-likeness (QED) is 0.796. The summed E-state index contributed by atoms with van der Waals surface area (Å²) in [6.07, 6.45) is 7.04. The van der Waals surface area contributed by atoms with Crippen molar-refractivity contribution in [3.8, 4) is 0 Å². The Labute approximate surface area is 141 Å². The summed E-state index contributed by atoms with van der Waals surface area (Å²) in [6.45, 7) is 2.19. The van der Waals surface area contributed by atoms with E-state index in [1.54, 1.807) is 23.1 Å². The topological polar surface area (TPSA) is 40.6 Å². The number of nitrogens with zero attached hydrogens (tertiary/aromatic N) is 2. The maximum Gasteiger partial charge on any atom is 0.227 e. The van der Waals surface area contributed by atoms with Gasteiger partial charge in [0, 0.05) is 32.6 Å². The Morgan fingerprint density at radius 1 is 1.04 bits per heavy atom. The van der Waals surface area contributed by atoms with Crippen molar-refractivity contribution in [1.29, 1.82) is 0 Å². The Hall–Kier alpha value is -2.17. The predicted molar refractivity (Wildman–Crippen MR) is 89.7 cm³/mol. The number of allylic oxidation sites excluding steroid dienone is 2. The molecule has 2 aliphatic rings. The molecule has 1 unspecified atom stereocenters. The van der Waals surface area contributed by atoms with E-state index in [0.29, 0.717) is 44.1 Å². The van der Waals surface area contributed by atoms with Crippen LogP contribution in [0, 0.1) is 11.7 Å². The second-order valence-electron chi connectivity index (χ2n) is 6.50. The molecule has 5 heteroatoms. The van der Waals surface area contributed by atoms with Gasteiger partial charge in [0.15, 0.2) is 0 Å². The van der Waals surface area contributed by atoms with E-state index in [9.17, 15) is 14.0 Å². The summed E-state index contributed by atoms with van der Waals surface area (Å²) in [7, 11) is 0. The van der Waals surface area contributed by atoms with Gasteiger partial charge in [0.05, 0.1) is 6.42 Å². The van der Waals surface area contributed by atoms with Crippen molar-refractivity contribution >= 4 is 11.8 Å². The number of hydrogen-bond donors (Lipinski definition) is 0. The highest BCUT2D eigenvalue weighted by Gasteiger charge is 2.26. The van der Waals surface area contributed by atoms with Gasteiger partial charge in [0.2, 0.25) is 11.8 Å². The van der Waals surface area contributed by atoms with Crippen LogP contribution in [0.3, 0.4) is 0 Å². The van der Waals surface area contributed by atoms with Gasteiger partial charge in [0.25, 0.3) is 0 Å². The maximum absolute atomic E-state index is 13.6. The first kappa shape index (κ1) is 16.7. The molecule has 0 saturated carbocycles. The third-order valence-corrected chi connectivity index (χ3v) is 4.83. The van der Waals surface area contributed by atoms with Gasteiger partial charge in [-0.05, 0) is 30.4 Å². The first-order valence-corrected chi connectivity index (χ1v) is 8.59. The molecule has 24 heavy (non-hydrogen) atoms. The van der Waals surface area contributed by atoms with Crippen LogP contribution in [-0.4, -0.2) is 47.8 Å². The first-order valence-electron chi connectivity index (χ1n) is 8.59. The Morgan fingerprint density at radius 3 is 2.33 bits per heavy atom. The van der Waals surface area contributed by atoms with E-state index >= 15 is 0 Å². The lowest BCUT2D eigenvalue weighted by atomic mass is 10.0. The van der Waals surface area contributed by atoms with Crippen LogP contribution in [0.5, 0.6) is 0 Å². The van der Waals surface area contributed by atoms with E-state index in [1.807, 2.05) is 4.90 Å². The molecule has 1 aliphatic heterocycles. The number of halogens is 1. The predicted octanol–water partition coefficient (Wildman–Crippen LogP) is 2.40. The highest BCUT2D eigenvalue weighted by molar-refractivity contribution is 5.80. The molecule has 1 fully saturated rings. The maximum atomic E-state index is 13.6. The first-order chi connectivity index (χ1) is 11.6. The smallest absolute Gasteiger partial charge is 0.227 e. The van der Waals surface area contributed by atoms with Crippen LogP contribution in [0.25, 0.3) is 0 Å². The largest absolute Gasteiger partial charge is 0.339 e. The minimum absolute atomic E-state index is 0.0769. The molecule has 0 radical (unpaired) electrons. The number of benzene rings is 1. The third kappa shape index (κ3) is 4.02. The molecule has 2 amide bonds. The van der Waals surface area contributed by atoms with E-state index in [0.717, 1.165) is 12.8 Å². The van der Waals surface area contributed by atoms with Crippen molar-refractivity contribution in [2.75, 3.05) is 26.2 Å². The molecule has 1 aliphatic carbocycles. The van der Waals surface area contributed by atoms with Crippen LogP contribution in [0.1, 0.15) is 24.8 Å². The standard InChI is InChI=1S/C19H23FN2O2/c20-17-8-4-3-7-16(17)14-19(24)22-11-9-21(10-12-22)18(23)13-15-5-1-2-6-15/h1,3-5,7-8,15H,2,6,9-14H2. The van der Waals surface area contributed by atoms with Crippen molar-refractivity contribution in [3.05, 3.63) is 47.8 Å². The fraction of sp³-hybridized carbons (Fsp3) is 0.474. The number of carbonyl (C=O) groups excluding carboxylic acids is 2. The molecule has 1 saturated heterocycles. The van der Waals surface area contributed by atoms with Gasteiger partial charge in [-0.15, -0.1) is 0 Å². The summed E-state index contributed by atoms with van der Waals surface area (Å²) >= 11 is 0. The monoisotopic (exact) mass is 330 g/mol. The van der Waals surface area contributed by atoms with E-state index in [4.69, 9.17) is 0 Å². The average Bonchev–Trinajstić information content (AvgIpc) is 3.10. The Bertz CT molecular complexity index is 636. The van der Waals surface area contributed by atoms with Crippen LogP contribution in [0.2, 0.25) is 0 Å². The number of carbonyl (C=O) groups is 2. The lowest BCUT2D eigenvalue weighted by molar-refractivity contribution is -0.139. The van der Waals surface area contributed by atoms with Crippen LogP contribution < -0.4 is 0 Å². The van der Waals surface area contributed by atoms with Crippen LogP contribution in [-0.2, 0) is 16.0 Å². The van der Waals surface area contributed by atoms with Crippen molar-refractivity contribution in [2.45, 2.75) is 25.7 Å². The zero-order valence-electron chi connectivity index (χ0n) is 13.8. The van der Waals surface area contributed by atoms with Gasteiger partial charge < -0.3 is 9.80 Å². The molecule has 1 aromatic carbocycles. The van der Waals surface area contributed by atoms with Crippen molar-refractivity contribution in [2.24, 2.45) is 5.92 Å². The zero-order chi connectivity index (χ0) is 16.9. The molecular weight excluding hydrogens is 307 g/mol. The Balaban J connectivity index is 1.47. The summed E-state index contributed by atoms with van der Waals surface area (Å²) in [5.74, 6) is 0.126. The molecule has 0 N–H and O–H groups in total. The van der Waals surface area contributed by atoms with E-state index in [-0.39, 0.29) is 24.1 Å². The highest BCUT2D eigenvalue weighted by Crippen LogP contribution is 2.21. The van der Waals surface area contributed by atoms with Gasteiger partial charge in [-0.2, -0.15) is 0 Å². The van der Waals surface area contributed by atoms with Crippen molar-refractivity contribution in [1.82, 2.24) is 9.80 Å². The summed E-state index contributed by atoms with van der Waals surface area (Å²) in [6, 6.07) is 6.37. The molecule has 3 rings (SSSR count). The van der Waals surface area contributed by atoms with Crippen molar-refractivity contribution < 1.29 is 14.0 Å². The average molecular weight is 330 g/mol.